The number of carbonyl (C=O) groups excluding carboxylic acids is 2. The SMILES string of the molecule is O=Cc1ccc(Br)cc1.O=Cc1ccc([N+](=O)[O-])cc1. The molecule has 0 N–H and O–H groups in total. The fraction of sp³-hybridized carbons (Fsp3) is 0. The molecule has 6 heteroatoms. The van der Waals surface area contributed by atoms with Gasteiger partial charge in [-0.3, -0.25) is 19.7 Å². The third-order valence-electron chi connectivity index (χ3n) is 2.25. The standard InChI is InChI=1S/C7H5BrO.C7H5NO3/c8-7-3-1-6(5-9)2-4-7;9-5-6-1-3-7(4-2-6)8(10)11/h1-5H;1-5H. The van der Waals surface area contributed by atoms with E-state index in [1.165, 1.54) is 24.3 Å². The number of halogens is 1. The van der Waals surface area contributed by atoms with Crippen molar-refractivity contribution in [1.29, 1.82) is 0 Å². The summed E-state index contributed by atoms with van der Waals surface area (Å²) in [6.07, 6.45) is 1.47. The Morgan fingerprint density at radius 2 is 1.25 bits per heavy atom. The predicted molar refractivity (Wildman–Crippen MR) is 78.0 cm³/mol. The lowest BCUT2D eigenvalue weighted by molar-refractivity contribution is -0.384. The van der Waals surface area contributed by atoms with Gasteiger partial charge in [0, 0.05) is 27.7 Å². The summed E-state index contributed by atoms with van der Waals surface area (Å²) in [4.78, 5) is 29.8. The molecule has 0 unspecified atom stereocenters. The number of benzene rings is 2. The third kappa shape index (κ3) is 5.11. The first-order valence-corrected chi connectivity index (χ1v) is 6.26. The minimum absolute atomic E-state index is 0.00407. The van der Waals surface area contributed by atoms with Gasteiger partial charge in [-0.25, -0.2) is 0 Å². The number of hydrogen-bond donors (Lipinski definition) is 0. The highest BCUT2D eigenvalue weighted by Crippen LogP contribution is 2.10. The van der Waals surface area contributed by atoms with E-state index in [1.54, 1.807) is 12.1 Å². The Morgan fingerprint density at radius 1 is 0.850 bits per heavy atom. The molecule has 0 fully saturated rings. The van der Waals surface area contributed by atoms with Crippen molar-refractivity contribution in [2.45, 2.75) is 0 Å². The van der Waals surface area contributed by atoms with Crippen LogP contribution in [0.4, 0.5) is 5.69 Å². The Labute approximate surface area is 123 Å². The van der Waals surface area contributed by atoms with Crippen LogP contribution in [0.5, 0.6) is 0 Å². The molecular weight excluding hydrogens is 326 g/mol. The predicted octanol–water partition coefficient (Wildman–Crippen LogP) is 3.67. The minimum atomic E-state index is -0.505. The van der Waals surface area contributed by atoms with Gasteiger partial charge in [-0.1, -0.05) is 28.1 Å². The van der Waals surface area contributed by atoms with Crippen LogP contribution in [0.3, 0.4) is 0 Å². The number of nitrogens with zero attached hydrogens (tertiary/aromatic N) is 1. The Morgan fingerprint density at radius 3 is 1.60 bits per heavy atom. The zero-order chi connectivity index (χ0) is 15.0. The zero-order valence-electron chi connectivity index (χ0n) is 10.2. The number of nitro groups is 1. The number of rotatable bonds is 3. The van der Waals surface area contributed by atoms with Crippen LogP contribution in [-0.4, -0.2) is 17.5 Å². The highest BCUT2D eigenvalue weighted by Gasteiger charge is 2.02. The highest BCUT2D eigenvalue weighted by molar-refractivity contribution is 9.10. The summed E-state index contributed by atoms with van der Waals surface area (Å²) in [6.45, 7) is 0. The van der Waals surface area contributed by atoms with Gasteiger partial charge in [-0.05, 0) is 24.3 Å². The molecule has 0 amide bonds. The van der Waals surface area contributed by atoms with E-state index < -0.39 is 4.92 Å². The second kappa shape index (κ2) is 7.96. The van der Waals surface area contributed by atoms with Gasteiger partial charge in [0.25, 0.3) is 5.69 Å². The van der Waals surface area contributed by atoms with E-state index in [0.29, 0.717) is 17.4 Å². The quantitative estimate of drug-likeness (QED) is 0.487. The van der Waals surface area contributed by atoms with E-state index in [0.717, 1.165) is 10.8 Å². The second-order valence-electron chi connectivity index (χ2n) is 3.64. The molecule has 2 rings (SSSR count). The number of non-ortho nitro benzene ring substituents is 1. The van der Waals surface area contributed by atoms with Crippen molar-refractivity contribution in [3.8, 4) is 0 Å². The molecule has 2 aromatic rings. The lowest BCUT2D eigenvalue weighted by atomic mass is 10.2. The van der Waals surface area contributed by atoms with Crippen LogP contribution in [0.2, 0.25) is 0 Å². The van der Waals surface area contributed by atoms with E-state index in [-0.39, 0.29) is 5.69 Å². The monoisotopic (exact) mass is 335 g/mol. The molecule has 0 aliphatic heterocycles. The largest absolute Gasteiger partial charge is 0.298 e. The molecule has 102 valence electrons. The molecule has 0 aliphatic rings. The van der Waals surface area contributed by atoms with E-state index >= 15 is 0 Å². The third-order valence-corrected chi connectivity index (χ3v) is 2.77. The molecule has 0 heterocycles. The summed E-state index contributed by atoms with van der Waals surface area (Å²) in [6, 6.07) is 12.6. The molecule has 20 heavy (non-hydrogen) atoms. The Kier molecular flexibility index (Phi) is 6.25. The first-order chi connectivity index (χ1) is 9.56. The zero-order valence-corrected chi connectivity index (χ0v) is 11.8. The molecule has 0 saturated carbocycles. The van der Waals surface area contributed by atoms with Crippen LogP contribution >= 0.6 is 15.9 Å². The van der Waals surface area contributed by atoms with Crippen molar-refractivity contribution in [1.82, 2.24) is 0 Å². The fourth-order valence-corrected chi connectivity index (χ4v) is 1.48. The number of nitro benzene ring substituents is 1. The summed E-state index contributed by atoms with van der Waals surface area (Å²) in [5.74, 6) is 0. The summed E-state index contributed by atoms with van der Waals surface area (Å²) in [5, 5.41) is 10.1. The van der Waals surface area contributed by atoms with E-state index in [2.05, 4.69) is 15.9 Å². The maximum atomic E-state index is 10.1. The van der Waals surface area contributed by atoms with E-state index in [1.807, 2.05) is 12.1 Å². The fourth-order valence-electron chi connectivity index (χ4n) is 1.22. The van der Waals surface area contributed by atoms with E-state index in [4.69, 9.17) is 0 Å². The number of hydrogen-bond acceptors (Lipinski definition) is 4. The average Bonchev–Trinajstić information content (AvgIpc) is 2.49. The minimum Gasteiger partial charge on any atom is -0.298 e. The maximum absolute atomic E-state index is 10.1. The summed E-state index contributed by atoms with van der Waals surface area (Å²) >= 11 is 3.26. The van der Waals surface area contributed by atoms with Crippen molar-refractivity contribution in [3.05, 3.63) is 74.2 Å². The Hall–Kier alpha value is -2.34. The first-order valence-electron chi connectivity index (χ1n) is 5.47. The maximum Gasteiger partial charge on any atom is 0.269 e. The Bertz CT molecular complexity index is 594. The number of aldehydes is 2. The van der Waals surface area contributed by atoms with Gasteiger partial charge in [-0.2, -0.15) is 0 Å². The van der Waals surface area contributed by atoms with Crippen LogP contribution in [0.1, 0.15) is 20.7 Å². The first kappa shape index (κ1) is 15.7. The van der Waals surface area contributed by atoms with Crippen LogP contribution < -0.4 is 0 Å². The normalized spacial score (nSPS) is 9.05. The van der Waals surface area contributed by atoms with Crippen molar-refractivity contribution in [2.24, 2.45) is 0 Å². The lowest BCUT2D eigenvalue weighted by Gasteiger charge is -1.89. The van der Waals surface area contributed by atoms with Crippen LogP contribution in [0.25, 0.3) is 0 Å². The topological polar surface area (TPSA) is 77.3 Å². The molecule has 0 aromatic heterocycles. The van der Waals surface area contributed by atoms with Crippen molar-refractivity contribution >= 4 is 34.2 Å². The van der Waals surface area contributed by atoms with Gasteiger partial charge < -0.3 is 0 Å². The van der Waals surface area contributed by atoms with Gasteiger partial charge in [0.15, 0.2) is 0 Å². The Balaban J connectivity index is 0.000000204. The van der Waals surface area contributed by atoms with Gasteiger partial charge in [0.05, 0.1) is 4.92 Å². The summed E-state index contributed by atoms with van der Waals surface area (Å²) < 4.78 is 0.994. The van der Waals surface area contributed by atoms with Crippen LogP contribution in [0.15, 0.2) is 53.0 Å². The molecule has 0 aliphatic carbocycles. The molecule has 0 radical (unpaired) electrons. The van der Waals surface area contributed by atoms with E-state index in [9.17, 15) is 19.7 Å². The van der Waals surface area contributed by atoms with Crippen molar-refractivity contribution < 1.29 is 14.5 Å². The summed E-state index contributed by atoms with van der Waals surface area (Å²) in [5.41, 5.74) is 1.14. The molecular formula is C14H10BrNO4. The van der Waals surface area contributed by atoms with Crippen molar-refractivity contribution in [3.63, 3.8) is 0 Å². The van der Waals surface area contributed by atoms with Crippen molar-refractivity contribution in [2.75, 3.05) is 0 Å². The molecule has 0 saturated heterocycles. The van der Waals surface area contributed by atoms with Gasteiger partial charge in [-0.15, -0.1) is 0 Å². The van der Waals surface area contributed by atoms with Gasteiger partial charge in [0.1, 0.15) is 12.6 Å². The van der Waals surface area contributed by atoms with Crippen LogP contribution in [-0.2, 0) is 0 Å². The summed E-state index contributed by atoms with van der Waals surface area (Å²) in [7, 11) is 0. The number of carbonyl (C=O) groups is 2. The molecule has 0 spiro atoms. The molecule has 2 aromatic carbocycles. The second-order valence-corrected chi connectivity index (χ2v) is 4.55. The van der Waals surface area contributed by atoms with Crippen LogP contribution in [0, 0.1) is 10.1 Å². The molecule has 0 atom stereocenters. The van der Waals surface area contributed by atoms with Gasteiger partial charge >= 0.3 is 0 Å². The average molecular weight is 336 g/mol. The lowest BCUT2D eigenvalue weighted by Crippen LogP contribution is -1.87. The smallest absolute Gasteiger partial charge is 0.269 e. The van der Waals surface area contributed by atoms with Gasteiger partial charge in [0.2, 0.25) is 0 Å². The molecule has 5 nitrogen and oxygen atoms in total. The molecule has 0 bridgehead atoms. The highest BCUT2D eigenvalue weighted by atomic mass is 79.9.